The number of benzene rings is 1. The molecular weight excluding hydrogens is 429 g/mol. The van der Waals surface area contributed by atoms with E-state index in [9.17, 15) is 19.5 Å². The normalized spacial score (nSPS) is 19.4. The van der Waals surface area contributed by atoms with Crippen LogP contribution in [0.3, 0.4) is 0 Å². The van der Waals surface area contributed by atoms with Gasteiger partial charge in [-0.3, -0.25) is 9.59 Å². The third-order valence-corrected chi connectivity index (χ3v) is 6.44. The molecule has 1 atom stereocenters. The van der Waals surface area contributed by atoms with Gasteiger partial charge in [-0.2, -0.15) is 0 Å². The van der Waals surface area contributed by atoms with Crippen molar-refractivity contribution in [1.29, 1.82) is 0 Å². The van der Waals surface area contributed by atoms with E-state index >= 15 is 4.39 Å². The molecule has 1 unspecified atom stereocenters. The summed E-state index contributed by atoms with van der Waals surface area (Å²) in [6.45, 7) is 3.55. The molecule has 1 fully saturated rings. The van der Waals surface area contributed by atoms with Crippen molar-refractivity contribution < 1.29 is 19.1 Å². The molecule has 2 aromatic rings. The number of fused-ring (bicyclic) bond motifs is 3. The summed E-state index contributed by atoms with van der Waals surface area (Å²) in [5.74, 6) is -1.71. The number of piperazine rings is 1. The van der Waals surface area contributed by atoms with Crippen molar-refractivity contribution in [1.82, 2.24) is 14.8 Å². The summed E-state index contributed by atoms with van der Waals surface area (Å²) >= 11 is 0. The van der Waals surface area contributed by atoms with E-state index < -0.39 is 17.2 Å². The predicted molar refractivity (Wildman–Crippen MR) is 119 cm³/mol. The van der Waals surface area contributed by atoms with Crippen LogP contribution in [0.2, 0.25) is 0 Å². The first kappa shape index (κ1) is 20.8. The second-order valence-corrected chi connectivity index (χ2v) is 8.43. The number of carboxylic acids is 1. The number of carbonyl (C=O) groups excluding carboxylic acids is 1. The van der Waals surface area contributed by atoms with Crippen LogP contribution in [0.5, 0.6) is 0 Å². The van der Waals surface area contributed by atoms with Crippen molar-refractivity contribution in [2.45, 2.75) is 19.4 Å². The number of nitrogens with one attached hydrogen (secondary N) is 1. The number of nitrogens with two attached hydrogens (primary N) is 1. The van der Waals surface area contributed by atoms with E-state index in [2.05, 4.69) is 11.0 Å². The summed E-state index contributed by atoms with van der Waals surface area (Å²) < 4.78 is 16.9. The molecule has 4 heterocycles. The van der Waals surface area contributed by atoms with Gasteiger partial charge in [-0.25, -0.2) is 9.18 Å². The molecule has 10 heteroatoms. The van der Waals surface area contributed by atoms with Gasteiger partial charge in [0.15, 0.2) is 0 Å². The smallest absolute Gasteiger partial charge is 0.341 e. The minimum absolute atomic E-state index is 0.0162. The van der Waals surface area contributed by atoms with E-state index in [1.165, 1.54) is 12.3 Å². The minimum atomic E-state index is -1.29. The molecule has 1 aromatic heterocycles. The first-order valence-electron chi connectivity index (χ1n) is 10.6. The predicted octanol–water partition coefficient (Wildman–Crippen LogP) is 1.05. The summed E-state index contributed by atoms with van der Waals surface area (Å²) in [6, 6.07) is 2.77. The van der Waals surface area contributed by atoms with Crippen LogP contribution in [0.4, 0.5) is 10.1 Å². The van der Waals surface area contributed by atoms with Gasteiger partial charge in [-0.05, 0) is 25.1 Å². The number of amides is 1. The Morgan fingerprint density at radius 2 is 1.97 bits per heavy atom. The van der Waals surface area contributed by atoms with E-state index in [1.54, 1.807) is 15.5 Å². The third kappa shape index (κ3) is 3.27. The van der Waals surface area contributed by atoms with Crippen LogP contribution in [0.15, 0.2) is 46.3 Å². The van der Waals surface area contributed by atoms with Crippen LogP contribution in [0, 0.1) is 5.82 Å². The molecule has 3 aliphatic heterocycles. The molecule has 5 rings (SSSR count). The molecule has 0 aliphatic carbocycles. The molecule has 1 amide bonds. The summed E-state index contributed by atoms with van der Waals surface area (Å²) in [6.07, 6.45) is 3.55. The second kappa shape index (κ2) is 7.53. The molecule has 1 aromatic carbocycles. The Morgan fingerprint density at radius 3 is 2.58 bits per heavy atom. The molecule has 0 saturated carbocycles. The standard InChI is InChI=1S/C23H22FN5O4/c1-12-8-18-20(23(32)33)21(30)14-9-15(24)17(10-16(14)29(12)18)27-4-6-28(7-5-27)22(31)13-2-3-19(25)26-11-13/h2,9-12,26H,4-8,25H2,1H3,(H,32,33). The van der Waals surface area contributed by atoms with Crippen molar-refractivity contribution in [3.05, 3.63) is 68.8 Å². The van der Waals surface area contributed by atoms with Crippen LogP contribution in [-0.2, 0) is 11.2 Å². The molecule has 3 aliphatic rings. The van der Waals surface area contributed by atoms with Gasteiger partial charge >= 0.3 is 5.97 Å². The van der Waals surface area contributed by atoms with Gasteiger partial charge in [0.1, 0.15) is 17.2 Å². The molecule has 4 N–H and O–H groups in total. The quantitative estimate of drug-likeness (QED) is 0.597. The third-order valence-electron chi connectivity index (χ3n) is 6.44. The summed E-state index contributed by atoms with van der Waals surface area (Å²) in [5, 5.41) is 12.3. The number of carboxylic acid groups (broad SMARTS) is 1. The number of nitrogens with zero attached hydrogens (tertiary/aromatic N) is 3. The maximum atomic E-state index is 15.1. The highest BCUT2D eigenvalue weighted by atomic mass is 19.1. The van der Waals surface area contributed by atoms with Crippen LogP contribution in [-0.4, -0.2) is 52.6 Å². The highest BCUT2D eigenvalue weighted by molar-refractivity contribution is 5.97. The van der Waals surface area contributed by atoms with Crippen molar-refractivity contribution in [2.75, 3.05) is 31.1 Å². The van der Waals surface area contributed by atoms with E-state index in [0.717, 1.165) is 6.07 Å². The number of pyridine rings is 1. The lowest BCUT2D eigenvalue weighted by atomic mass is 9.94. The molecule has 170 valence electrons. The fourth-order valence-corrected chi connectivity index (χ4v) is 4.74. The minimum Gasteiger partial charge on any atom is -0.477 e. The number of hydrogen-bond acceptors (Lipinski definition) is 6. The van der Waals surface area contributed by atoms with Crippen molar-refractivity contribution in [3.63, 3.8) is 0 Å². The molecule has 9 nitrogen and oxygen atoms in total. The van der Waals surface area contributed by atoms with Crippen molar-refractivity contribution >= 4 is 28.5 Å². The summed E-state index contributed by atoms with van der Waals surface area (Å²) in [7, 11) is 0. The number of aromatic nitrogens is 1. The summed E-state index contributed by atoms with van der Waals surface area (Å²) in [4.78, 5) is 40.6. The van der Waals surface area contributed by atoms with Crippen LogP contribution >= 0.6 is 0 Å². The van der Waals surface area contributed by atoms with Gasteiger partial charge in [-0.15, -0.1) is 0 Å². The summed E-state index contributed by atoms with van der Waals surface area (Å²) in [5.41, 5.74) is 9.18. The molecule has 33 heavy (non-hydrogen) atoms. The van der Waals surface area contributed by atoms with Gasteiger partial charge in [0.25, 0.3) is 5.91 Å². The highest BCUT2D eigenvalue weighted by Gasteiger charge is 2.33. The molecule has 1 saturated heterocycles. The Hall–Kier alpha value is -4.04. The fraction of sp³-hybridized carbons (Fsp3) is 0.304. The van der Waals surface area contributed by atoms with Gasteiger partial charge < -0.3 is 30.5 Å². The average molecular weight is 451 g/mol. The van der Waals surface area contributed by atoms with Crippen LogP contribution in [0.25, 0.3) is 10.9 Å². The van der Waals surface area contributed by atoms with Crippen molar-refractivity contribution in [2.24, 2.45) is 5.73 Å². The van der Waals surface area contributed by atoms with Crippen LogP contribution < -0.4 is 21.4 Å². The second-order valence-electron chi connectivity index (χ2n) is 8.43. The Kier molecular flexibility index (Phi) is 4.75. The largest absolute Gasteiger partial charge is 0.477 e. The zero-order chi connectivity index (χ0) is 23.4. The Morgan fingerprint density at radius 1 is 1.24 bits per heavy atom. The van der Waals surface area contributed by atoms with E-state index in [4.69, 9.17) is 5.73 Å². The number of hydrogen-bond donors (Lipinski definition) is 3. The molecule has 0 spiro atoms. The molecular formula is C23H22FN5O4. The zero-order valence-corrected chi connectivity index (χ0v) is 17.9. The monoisotopic (exact) mass is 451 g/mol. The fourth-order valence-electron chi connectivity index (χ4n) is 4.74. The van der Waals surface area contributed by atoms with E-state index in [-0.39, 0.29) is 22.9 Å². The maximum absolute atomic E-state index is 15.1. The molecule has 0 radical (unpaired) electrons. The van der Waals surface area contributed by atoms with Gasteiger partial charge in [0.2, 0.25) is 5.43 Å². The number of aromatic carboxylic acids is 1. The number of carbonyl (C=O) groups is 2. The van der Waals surface area contributed by atoms with Gasteiger partial charge in [0.05, 0.1) is 16.8 Å². The number of halogens is 1. The van der Waals surface area contributed by atoms with Gasteiger partial charge in [-0.1, -0.05) is 5.73 Å². The number of anilines is 1. The lowest BCUT2D eigenvalue weighted by Crippen LogP contribution is -2.49. The van der Waals surface area contributed by atoms with Crippen molar-refractivity contribution in [3.8, 4) is 0 Å². The lowest BCUT2D eigenvalue weighted by molar-refractivity contribution is -0.127. The first-order valence-corrected chi connectivity index (χ1v) is 10.6. The van der Waals surface area contributed by atoms with Crippen LogP contribution in [0.1, 0.15) is 29.0 Å². The average Bonchev–Trinajstić information content (AvgIpc) is 2.79. The topological polar surface area (TPSA) is 121 Å². The van der Waals surface area contributed by atoms with Gasteiger partial charge in [0, 0.05) is 55.9 Å². The maximum Gasteiger partial charge on any atom is 0.341 e. The Labute approximate surface area is 187 Å². The Bertz CT molecular complexity index is 1380. The lowest BCUT2D eigenvalue weighted by Gasteiger charge is -2.37. The van der Waals surface area contributed by atoms with E-state index in [0.29, 0.717) is 60.9 Å². The first-order chi connectivity index (χ1) is 15.8. The molecule has 0 bridgehead atoms. The highest BCUT2D eigenvalue weighted by Crippen LogP contribution is 2.35. The van der Waals surface area contributed by atoms with E-state index in [1.807, 2.05) is 11.8 Å². The zero-order valence-electron chi connectivity index (χ0n) is 17.9. The SMILES string of the molecule is CC1Cc2c(C(=O)O)c(=O)c3cc(F)c(N4CCN(C(=O)C5=CNC(N)=C=C5)CC4)cc3n21. The Balaban J connectivity index is 1.44. The number of rotatable bonds is 3.